The van der Waals surface area contributed by atoms with Crippen molar-refractivity contribution >= 4 is 22.4 Å². The van der Waals surface area contributed by atoms with Crippen LogP contribution in [0.25, 0.3) is 0 Å². The summed E-state index contributed by atoms with van der Waals surface area (Å²) in [5, 5.41) is 3.13. The van der Waals surface area contributed by atoms with Gasteiger partial charge in [0.1, 0.15) is 6.04 Å². The molecule has 1 fully saturated rings. The number of amides is 1. The molecule has 0 bridgehead atoms. The lowest BCUT2D eigenvalue weighted by atomic mass is 10.0. The van der Waals surface area contributed by atoms with Crippen molar-refractivity contribution in [2.24, 2.45) is 5.73 Å². The van der Waals surface area contributed by atoms with E-state index in [1.54, 1.807) is 11.3 Å². The number of nitrogens with zero attached hydrogens (tertiary/aromatic N) is 3. The molecule has 2 heterocycles. The van der Waals surface area contributed by atoms with E-state index in [2.05, 4.69) is 27.1 Å². The predicted octanol–water partition coefficient (Wildman–Crippen LogP) is 2.19. The van der Waals surface area contributed by atoms with Crippen LogP contribution in [-0.4, -0.2) is 41.5 Å². The first kappa shape index (κ1) is 16.0. The molecule has 2 N–H and O–H groups in total. The summed E-state index contributed by atoms with van der Waals surface area (Å²) in [5.41, 5.74) is 7.71. The minimum atomic E-state index is -0.362. The molecule has 2 unspecified atom stereocenters. The molecule has 1 amide bonds. The number of carbonyl (C=O) groups excluding carboxylic acids is 1. The van der Waals surface area contributed by atoms with Gasteiger partial charge in [-0.15, -0.1) is 11.3 Å². The van der Waals surface area contributed by atoms with E-state index in [1.807, 2.05) is 37.3 Å². The average molecular weight is 330 g/mol. The maximum Gasteiger partial charge on any atom is 0.239 e. The second-order valence-corrected chi connectivity index (χ2v) is 6.86. The normalized spacial score (nSPS) is 20.4. The molecule has 1 aromatic heterocycles. The number of thiazole rings is 1. The zero-order valence-corrected chi connectivity index (χ0v) is 14.3. The number of benzene rings is 1. The molecule has 1 saturated heterocycles. The first-order chi connectivity index (χ1) is 11.1. The summed E-state index contributed by atoms with van der Waals surface area (Å²) in [7, 11) is 0. The first-order valence-corrected chi connectivity index (χ1v) is 8.71. The fraction of sp³-hybridized carbons (Fsp3) is 0.412. The van der Waals surface area contributed by atoms with E-state index in [4.69, 9.17) is 5.73 Å². The molecule has 122 valence electrons. The maximum atomic E-state index is 12.0. The minimum absolute atomic E-state index is 0.290. The smallest absolute Gasteiger partial charge is 0.239 e. The summed E-state index contributed by atoms with van der Waals surface area (Å²) >= 11 is 1.68. The van der Waals surface area contributed by atoms with Crippen LogP contribution >= 0.6 is 11.3 Å². The molecule has 1 aromatic carbocycles. The fourth-order valence-corrected chi connectivity index (χ4v) is 4.10. The molecule has 3 rings (SSSR count). The number of carbonyl (C=O) groups is 1. The highest BCUT2D eigenvalue weighted by atomic mass is 32.1. The molecule has 0 aliphatic carbocycles. The Labute approximate surface area is 140 Å². The Morgan fingerprint density at radius 3 is 2.65 bits per heavy atom. The van der Waals surface area contributed by atoms with Gasteiger partial charge in [-0.3, -0.25) is 9.69 Å². The summed E-state index contributed by atoms with van der Waals surface area (Å²) < 4.78 is 0. The van der Waals surface area contributed by atoms with Gasteiger partial charge in [0.05, 0.1) is 5.69 Å². The highest BCUT2D eigenvalue weighted by Gasteiger charge is 2.32. The van der Waals surface area contributed by atoms with Crippen molar-refractivity contribution < 1.29 is 4.79 Å². The number of anilines is 1. The minimum Gasteiger partial charge on any atom is -0.368 e. The van der Waals surface area contributed by atoms with Crippen molar-refractivity contribution in [3.8, 4) is 0 Å². The summed E-state index contributed by atoms with van der Waals surface area (Å²) in [6.45, 7) is 6.63. The van der Waals surface area contributed by atoms with Gasteiger partial charge in [0, 0.05) is 31.1 Å². The topological polar surface area (TPSA) is 62.5 Å². The third-order valence-electron chi connectivity index (χ3n) is 4.26. The third-order valence-corrected chi connectivity index (χ3v) is 5.26. The molecule has 23 heavy (non-hydrogen) atoms. The van der Waals surface area contributed by atoms with Gasteiger partial charge in [-0.05, 0) is 19.4 Å². The van der Waals surface area contributed by atoms with E-state index < -0.39 is 0 Å². The SMILES string of the molecule is Cc1csc(N2CCN(C(C(N)=O)c3ccccc3)CC2C)n1. The second-order valence-electron chi connectivity index (χ2n) is 6.02. The summed E-state index contributed by atoms with van der Waals surface area (Å²) in [5.74, 6) is -0.290. The molecular weight excluding hydrogens is 308 g/mol. The standard InChI is InChI=1S/C17H22N4OS/c1-12-11-23-17(19-12)21-9-8-20(10-13(21)2)15(16(18)22)14-6-4-3-5-7-14/h3-7,11,13,15H,8-10H2,1-2H3,(H2,18,22). The monoisotopic (exact) mass is 330 g/mol. The molecule has 0 saturated carbocycles. The van der Waals surface area contributed by atoms with Crippen molar-refractivity contribution in [2.75, 3.05) is 24.5 Å². The van der Waals surface area contributed by atoms with Crippen LogP contribution in [0.3, 0.4) is 0 Å². The number of piperazine rings is 1. The van der Waals surface area contributed by atoms with Crippen LogP contribution < -0.4 is 10.6 Å². The number of primary amides is 1. The lowest BCUT2D eigenvalue weighted by molar-refractivity contribution is -0.123. The fourth-order valence-electron chi connectivity index (χ4n) is 3.17. The molecule has 2 atom stereocenters. The Bertz CT molecular complexity index is 672. The maximum absolute atomic E-state index is 12.0. The van der Waals surface area contributed by atoms with Crippen LogP contribution in [0.4, 0.5) is 5.13 Å². The van der Waals surface area contributed by atoms with Crippen molar-refractivity contribution in [3.63, 3.8) is 0 Å². The zero-order valence-electron chi connectivity index (χ0n) is 13.5. The summed E-state index contributed by atoms with van der Waals surface area (Å²) in [6, 6.07) is 9.71. The van der Waals surface area contributed by atoms with Crippen molar-refractivity contribution in [2.45, 2.75) is 25.9 Å². The summed E-state index contributed by atoms with van der Waals surface area (Å²) in [4.78, 5) is 21.1. The number of rotatable bonds is 4. The number of nitrogens with two attached hydrogens (primary N) is 1. The quantitative estimate of drug-likeness (QED) is 0.933. The Morgan fingerprint density at radius 2 is 2.09 bits per heavy atom. The Balaban J connectivity index is 1.76. The number of hydrogen-bond donors (Lipinski definition) is 1. The molecule has 1 aliphatic rings. The molecule has 0 spiro atoms. The van der Waals surface area contributed by atoms with Crippen molar-refractivity contribution in [3.05, 3.63) is 47.0 Å². The molecular formula is C17H22N4OS. The molecule has 5 nitrogen and oxygen atoms in total. The van der Waals surface area contributed by atoms with Gasteiger partial charge in [0.15, 0.2) is 5.13 Å². The van der Waals surface area contributed by atoms with E-state index >= 15 is 0 Å². The van der Waals surface area contributed by atoms with Gasteiger partial charge in [-0.2, -0.15) is 0 Å². The second kappa shape index (κ2) is 6.68. The largest absolute Gasteiger partial charge is 0.368 e. The predicted molar refractivity (Wildman–Crippen MR) is 93.6 cm³/mol. The third kappa shape index (κ3) is 3.38. The van der Waals surface area contributed by atoms with Gasteiger partial charge in [0.2, 0.25) is 5.91 Å². The highest BCUT2D eigenvalue weighted by Crippen LogP contribution is 2.28. The van der Waals surface area contributed by atoms with E-state index in [-0.39, 0.29) is 11.9 Å². The number of aryl methyl sites for hydroxylation is 1. The van der Waals surface area contributed by atoms with Crippen molar-refractivity contribution in [1.29, 1.82) is 0 Å². The van der Waals surface area contributed by atoms with Crippen LogP contribution in [0.15, 0.2) is 35.7 Å². The van der Waals surface area contributed by atoms with Gasteiger partial charge in [-0.25, -0.2) is 4.98 Å². The lowest BCUT2D eigenvalue weighted by Crippen LogP contribution is -2.54. The van der Waals surface area contributed by atoms with Crippen LogP contribution in [-0.2, 0) is 4.79 Å². The first-order valence-electron chi connectivity index (χ1n) is 7.83. The Morgan fingerprint density at radius 1 is 1.35 bits per heavy atom. The van der Waals surface area contributed by atoms with Crippen LogP contribution in [0, 0.1) is 6.92 Å². The lowest BCUT2D eigenvalue weighted by Gasteiger charge is -2.42. The average Bonchev–Trinajstić information content (AvgIpc) is 2.94. The number of hydrogen-bond acceptors (Lipinski definition) is 5. The molecule has 6 heteroatoms. The van der Waals surface area contributed by atoms with Gasteiger partial charge in [-0.1, -0.05) is 30.3 Å². The van der Waals surface area contributed by atoms with Crippen molar-refractivity contribution in [1.82, 2.24) is 9.88 Å². The Hall–Kier alpha value is -1.92. The Kier molecular flexibility index (Phi) is 4.63. The van der Waals surface area contributed by atoms with E-state index in [0.717, 1.165) is 36.0 Å². The van der Waals surface area contributed by atoms with Gasteiger partial charge >= 0.3 is 0 Å². The molecule has 0 radical (unpaired) electrons. The van der Waals surface area contributed by atoms with Gasteiger partial charge < -0.3 is 10.6 Å². The van der Waals surface area contributed by atoms with Crippen LogP contribution in [0.5, 0.6) is 0 Å². The summed E-state index contributed by atoms with van der Waals surface area (Å²) in [6.07, 6.45) is 0. The molecule has 1 aliphatic heterocycles. The van der Waals surface area contributed by atoms with E-state index in [1.165, 1.54) is 0 Å². The zero-order chi connectivity index (χ0) is 16.4. The van der Waals surface area contributed by atoms with Gasteiger partial charge in [0.25, 0.3) is 0 Å². The van der Waals surface area contributed by atoms with E-state index in [0.29, 0.717) is 6.04 Å². The molecule has 2 aromatic rings. The number of aromatic nitrogens is 1. The van der Waals surface area contributed by atoms with Crippen LogP contribution in [0.2, 0.25) is 0 Å². The van der Waals surface area contributed by atoms with E-state index in [9.17, 15) is 4.79 Å². The van der Waals surface area contributed by atoms with Crippen LogP contribution in [0.1, 0.15) is 24.2 Å². The highest BCUT2D eigenvalue weighted by molar-refractivity contribution is 7.13.